The minimum atomic E-state index is 0.390. The highest BCUT2D eigenvalue weighted by molar-refractivity contribution is 7.99. The molecule has 0 aliphatic carbocycles. The molecule has 78 valence electrons. The lowest BCUT2D eigenvalue weighted by atomic mass is 10.4. The van der Waals surface area contributed by atoms with E-state index in [0.717, 1.165) is 16.6 Å². The van der Waals surface area contributed by atoms with Crippen molar-refractivity contribution >= 4 is 58.3 Å². The van der Waals surface area contributed by atoms with E-state index in [-0.39, 0.29) is 0 Å². The normalized spacial score (nSPS) is 10.6. The number of hydrogen-bond acceptors (Lipinski definition) is 4. The van der Waals surface area contributed by atoms with Crippen LogP contribution in [0.5, 0.6) is 0 Å². The van der Waals surface area contributed by atoms with Crippen molar-refractivity contribution in [1.29, 1.82) is 0 Å². The van der Waals surface area contributed by atoms with Gasteiger partial charge in [0.1, 0.15) is 0 Å². The van der Waals surface area contributed by atoms with Crippen LogP contribution in [0.3, 0.4) is 0 Å². The Balaban J connectivity index is 2.32. The van der Waals surface area contributed by atoms with Gasteiger partial charge < -0.3 is 0 Å². The van der Waals surface area contributed by atoms with E-state index >= 15 is 0 Å². The van der Waals surface area contributed by atoms with Crippen molar-refractivity contribution in [3.8, 4) is 0 Å². The van der Waals surface area contributed by atoms with Gasteiger partial charge in [-0.3, -0.25) is 0 Å². The third-order valence-electron chi connectivity index (χ3n) is 1.52. The van der Waals surface area contributed by atoms with E-state index in [4.69, 9.17) is 34.8 Å². The highest BCUT2D eigenvalue weighted by atomic mass is 35.5. The average molecular weight is 298 g/mol. The molecule has 2 aromatic rings. The van der Waals surface area contributed by atoms with Crippen LogP contribution in [0, 0.1) is 0 Å². The Labute approximate surface area is 110 Å². The molecule has 1 aromatic heterocycles. The molecule has 0 spiro atoms. The Kier molecular flexibility index (Phi) is 3.74. The van der Waals surface area contributed by atoms with Crippen LogP contribution in [-0.4, -0.2) is 8.75 Å². The summed E-state index contributed by atoms with van der Waals surface area (Å²) in [5, 5.41) is 2.28. The summed E-state index contributed by atoms with van der Waals surface area (Å²) in [4.78, 5) is 0.818. The first-order valence-corrected chi connectivity index (χ1v) is 6.46. The van der Waals surface area contributed by atoms with E-state index in [0.29, 0.717) is 20.2 Å². The number of rotatable bonds is 2. The molecule has 2 rings (SSSR count). The lowest BCUT2D eigenvalue weighted by molar-refractivity contribution is 1.25. The number of nitrogens with zero attached hydrogens (tertiary/aromatic N) is 2. The number of halogens is 3. The topological polar surface area (TPSA) is 25.8 Å². The number of hydrogen-bond donors (Lipinski definition) is 0. The van der Waals surface area contributed by atoms with Gasteiger partial charge >= 0.3 is 0 Å². The zero-order valence-electron chi connectivity index (χ0n) is 7.08. The van der Waals surface area contributed by atoms with Crippen molar-refractivity contribution in [2.45, 2.75) is 9.92 Å². The van der Waals surface area contributed by atoms with Crippen LogP contribution in [0.2, 0.25) is 15.2 Å². The molecule has 0 N–H and O–H groups in total. The fraction of sp³-hybridized carbons (Fsp3) is 0. The summed E-state index contributed by atoms with van der Waals surface area (Å²) in [5.74, 6) is 0. The first-order valence-electron chi connectivity index (χ1n) is 3.78. The molecule has 2 nitrogen and oxygen atoms in total. The molecule has 0 atom stereocenters. The Morgan fingerprint density at radius 2 is 1.93 bits per heavy atom. The zero-order valence-corrected chi connectivity index (χ0v) is 11.0. The summed E-state index contributed by atoms with van der Waals surface area (Å²) in [7, 11) is 0. The summed E-state index contributed by atoms with van der Waals surface area (Å²) in [6, 6.07) is 5.24. The molecule has 0 saturated carbocycles. The third kappa shape index (κ3) is 2.77. The molecule has 1 aromatic carbocycles. The molecule has 0 aliphatic rings. The van der Waals surface area contributed by atoms with Gasteiger partial charge in [0.25, 0.3) is 0 Å². The second kappa shape index (κ2) is 4.89. The van der Waals surface area contributed by atoms with Gasteiger partial charge in [0, 0.05) is 9.92 Å². The molecule has 0 amide bonds. The van der Waals surface area contributed by atoms with E-state index < -0.39 is 0 Å². The summed E-state index contributed by atoms with van der Waals surface area (Å²) in [6.07, 6.45) is 0. The van der Waals surface area contributed by atoms with Crippen LogP contribution in [0.15, 0.2) is 28.1 Å². The van der Waals surface area contributed by atoms with Crippen molar-refractivity contribution < 1.29 is 0 Å². The maximum Gasteiger partial charge on any atom is 0.177 e. The Morgan fingerprint density at radius 3 is 2.60 bits per heavy atom. The first kappa shape index (κ1) is 11.5. The molecule has 0 bridgehead atoms. The molecular formula is C8H3Cl3N2S2. The predicted octanol–water partition coefficient (Wildman–Crippen LogP) is 4.65. The minimum Gasteiger partial charge on any atom is -0.164 e. The largest absolute Gasteiger partial charge is 0.177 e. The maximum atomic E-state index is 6.00. The molecular weight excluding hydrogens is 295 g/mol. The van der Waals surface area contributed by atoms with E-state index in [1.54, 1.807) is 18.2 Å². The summed E-state index contributed by atoms with van der Waals surface area (Å²) in [5.41, 5.74) is 0. The van der Waals surface area contributed by atoms with Gasteiger partial charge in [-0.1, -0.05) is 46.6 Å². The van der Waals surface area contributed by atoms with Crippen LogP contribution in [-0.2, 0) is 0 Å². The highest BCUT2D eigenvalue weighted by Gasteiger charge is 2.10. The van der Waals surface area contributed by atoms with Gasteiger partial charge in [-0.15, -0.1) is 0 Å². The maximum absolute atomic E-state index is 6.00. The minimum absolute atomic E-state index is 0.390. The SMILES string of the molecule is Clc1ccc(Cl)c(Sc2nsnc2Cl)c1. The second-order valence-electron chi connectivity index (χ2n) is 2.54. The third-order valence-corrected chi connectivity index (χ3v) is 4.35. The average Bonchev–Trinajstić information content (AvgIpc) is 2.58. The van der Waals surface area contributed by atoms with Gasteiger partial charge in [0.05, 0.1) is 16.8 Å². The zero-order chi connectivity index (χ0) is 10.8. The molecule has 0 radical (unpaired) electrons. The van der Waals surface area contributed by atoms with Gasteiger partial charge in [-0.05, 0) is 18.2 Å². The molecule has 7 heteroatoms. The molecule has 15 heavy (non-hydrogen) atoms. The van der Waals surface area contributed by atoms with Crippen LogP contribution in [0.25, 0.3) is 0 Å². The quantitative estimate of drug-likeness (QED) is 0.807. The van der Waals surface area contributed by atoms with Gasteiger partial charge in [-0.25, -0.2) is 0 Å². The van der Waals surface area contributed by atoms with Crippen LogP contribution in [0.4, 0.5) is 0 Å². The van der Waals surface area contributed by atoms with Crippen LogP contribution >= 0.6 is 58.3 Å². The fourth-order valence-corrected chi connectivity index (χ4v) is 3.02. The molecule has 0 unspecified atom stereocenters. The summed E-state index contributed by atoms with van der Waals surface area (Å²) < 4.78 is 7.91. The molecule has 0 saturated heterocycles. The van der Waals surface area contributed by atoms with Crippen LogP contribution < -0.4 is 0 Å². The number of aromatic nitrogens is 2. The Hall–Kier alpha value is -0.000000000000000139. The van der Waals surface area contributed by atoms with E-state index in [1.807, 2.05) is 0 Å². The monoisotopic (exact) mass is 296 g/mol. The molecule has 0 aliphatic heterocycles. The van der Waals surface area contributed by atoms with Crippen molar-refractivity contribution in [2.75, 3.05) is 0 Å². The van der Waals surface area contributed by atoms with Gasteiger partial charge in [-0.2, -0.15) is 8.75 Å². The standard InChI is InChI=1S/C8H3Cl3N2S2/c9-4-1-2-5(10)6(3-4)14-8-7(11)12-15-13-8/h1-3H. The van der Waals surface area contributed by atoms with Crippen molar-refractivity contribution in [3.63, 3.8) is 0 Å². The smallest absolute Gasteiger partial charge is 0.164 e. The molecule has 0 fully saturated rings. The van der Waals surface area contributed by atoms with Crippen molar-refractivity contribution in [3.05, 3.63) is 33.4 Å². The lowest BCUT2D eigenvalue weighted by Crippen LogP contribution is -1.76. The van der Waals surface area contributed by atoms with Crippen molar-refractivity contribution in [2.24, 2.45) is 0 Å². The highest BCUT2D eigenvalue weighted by Crippen LogP contribution is 2.37. The predicted molar refractivity (Wildman–Crippen MR) is 65.5 cm³/mol. The Bertz CT molecular complexity index is 486. The van der Waals surface area contributed by atoms with Crippen LogP contribution in [0.1, 0.15) is 0 Å². The number of benzene rings is 1. The molecule has 1 heterocycles. The first-order chi connectivity index (χ1) is 7.16. The van der Waals surface area contributed by atoms with Gasteiger partial charge in [0.15, 0.2) is 10.2 Å². The second-order valence-corrected chi connectivity index (χ2v) is 5.30. The lowest BCUT2D eigenvalue weighted by Gasteiger charge is -2.01. The fourth-order valence-electron chi connectivity index (χ4n) is 0.890. The van der Waals surface area contributed by atoms with Crippen molar-refractivity contribution in [1.82, 2.24) is 8.75 Å². The Morgan fingerprint density at radius 1 is 1.13 bits per heavy atom. The van der Waals surface area contributed by atoms with E-state index in [2.05, 4.69) is 8.75 Å². The van der Waals surface area contributed by atoms with E-state index in [9.17, 15) is 0 Å². The summed E-state index contributed by atoms with van der Waals surface area (Å²) in [6.45, 7) is 0. The summed E-state index contributed by atoms with van der Waals surface area (Å²) >= 11 is 20.1. The van der Waals surface area contributed by atoms with E-state index in [1.165, 1.54) is 11.8 Å². The van der Waals surface area contributed by atoms with Gasteiger partial charge in [0.2, 0.25) is 0 Å².